The second kappa shape index (κ2) is 6.23. The lowest BCUT2D eigenvalue weighted by Gasteiger charge is -2.37. The molecule has 0 saturated heterocycles. The van der Waals surface area contributed by atoms with Gasteiger partial charge in [0.1, 0.15) is 5.78 Å². The molecule has 2 bridgehead atoms. The fourth-order valence-electron chi connectivity index (χ4n) is 4.12. The van der Waals surface area contributed by atoms with Crippen LogP contribution in [0.4, 0.5) is 5.69 Å². The molecule has 2 aliphatic rings. The normalized spacial score (nSPS) is 27.5. The monoisotopic (exact) mass is 299 g/mol. The number of hydrogen-bond acceptors (Lipinski definition) is 2. The molecule has 1 N–H and O–H groups in total. The number of aryl methyl sites for hydroxylation is 2. The first-order valence-electron chi connectivity index (χ1n) is 8.53. The summed E-state index contributed by atoms with van der Waals surface area (Å²) in [5.41, 5.74) is 3.26. The van der Waals surface area contributed by atoms with E-state index in [0.717, 1.165) is 49.8 Å². The molecule has 0 spiro atoms. The van der Waals surface area contributed by atoms with Crippen LogP contribution in [0, 0.1) is 24.7 Å². The Hall–Kier alpha value is -1.64. The summed E-state index contributed by atoms with van der Waals surface area (Å²) in [7, 11) is 0. The number of hydrogen-bond donors (Lipinski definition) is 1. The van der Waals surface area contributed by atoms with Crippen LogP contribution >= 0.6 is 0 Å². The topological polar surface area (TPSA) is 46.2 Å². The number of anilines is 1. The van der Waals surface area contributed by atoms with Crippen LogP contribution in [0.3, 0.4) is 0 Å². The van der Waals surface area contributed by atoms with Gasteiger partial charge in [-0.1, -0.05) is 31.5 Å². The van der Waals surface area contributed by atoms with Gasteiger partial charge in [0.2, 0.25) is 5.91 Å². The van der Waals surface area contributed by atoms with E-state index >= 15 is 0 Å². The van der Waals surface area contributed by atoms with Gasteiger partial charge >= 0.3 is 0 Å². The third-order valence-electron chi connectivity index (χ3n) is 5.41. The maximum absolute atomic E-state index is 12.7. The van der Waals surface area contributed by atoms with Gasteiger partial charge in [0.25, 0.3) is 0 Å². The maximum atomic E-state index is 12.7. The largest absolute Gasteiger partial charge is 0.325 e. The molecular weight excluding hydrogens is 274 g/mol. The van der Waals surface area contributed by atoms with Gasteiger partial charge < -0.3 is 5.32 Å². The van der Waals surface area contributed by atoms with E-state index in [2.05, 4.69) is 18.3 Å². The standard InChI is InChI=1S/C19H25NO2/c1-3-13-7-4-6-12(2)17(13)20-19(22)16-10-14-8-5-9-15(11-16)18(14)21/h4,6-7,14-16H,3,5,8-11H2,1-2H3,(H,20,22)/t14-,15-/m1/s1. The Balaban J connectivity index is 1.74. The highest BCUT2D eigenvalue weighted by Gasteiger charge is 2.41. The molecular formula is C19H25NO2. The summed E-state index contributed by atoms with van der Waals surface area (Å²) in [5, 5.41) is 3.15. The Morgan fingerprint density at radius 1 is 1.23 bits per heavy atom. The van der Waals surface area contributed by atoms with Gasteiger partial charge in [-0.2, -0.15) is 0 Å². The maximum Gasteiger partial charge on any atom is 0.227 e. The number of benzene rings is 1. The molecule has 0 radical (unpaired) electrons. The van der Waals surface area contributed by atoms with Crippen molar-refractivity contribution in [2.75, 3.05) is 5.32 Å². The van der Waals surface area contributed by atoms with E-state index in [1.54, 1.807) is 0 Å². The summed E-state index contributed by atoms with van der Waals surface area (Å²) >= 11 is 0. The number of rotatable bonds is 3. The molecule has 2 atom stereocenters. The highest BCUT2D eigenvalue weighted by Crippen LogP contribution is 2.40. The van der Waals surface area contributed by atoms with Crippen LogP contribution in [-0.4, -0.2) is 11.7 Å². The van der Waals surface area contributed by atoms with Gasteiger partial charge in [-0.15, -0.1) is 0 Å². The first-order valence-corrected chi connectivity index (χ1v) is 8.53. The Morgan fingerprint density at radius 2 is 1.91 bits per heavy atom. The van der Waals surface area contributed by atoms with E-state index in [9.17, 15) is 9.59 Å². The summed E-state index contributed by atoms with van der Waals surface area (Å²) in [6, 6.07) is 6.14. The van der Waals surface area contributed by atoms with Crippen molar-refractivity contribution in [3.8, 4) is 0 Å². The van der Waals surface area contributed by atoms with Crippen LogP contribution in [0.2, 0.25) is 0 Å². The molecule has 1 aromatic carbocycles. The zero-order chi connectivity index (χ0) is 15.7. The minimum atomic E-state index is -0.00249. The zero-order valence-corrected chi connectivity index (χ0v) is 13.5. The lowest BCUT2D eigenvalue weighted by molar-refractivity contribution is -0.136. The van der Waals surface area contributed by atoms with Crippen LogP contribution < -0.4 is 5.32 Å². The van der Waals surface area contributed by atoms with Crippen LogP contribution in [0.15, 0.2) is 18.2 Å². The highest BCUT2D eigenvalue weighted by molar-refractivity contribution is 5.96. The predicted octanol–water partition coefficient (Wildman–Crippen LogP) is 3.89. The number of Topliss-reactive ketones (excluding diaryl/α,β-unsaturated/α-hetero) is 1. The van der Waals surface area contributed by atoms with E-state index in [-0.39, 0.29) is 23.7 Å². The highest BCUT2D eigenvalue weighted by atomic mass is 16.2. The SMILES string of the molecule is CCc1cccc(C)c1NC(=O)C1C[C@H]2CCC[C@H](C1)C2=O. The molecule has 0 unspecified atom stereocenters. The summed E-state index contributed by atoms with van der Waals surface area (Å²) < 4.78 is 0. The molecule has 0 heterocycles. The molecule has 118 valence electrons. The van der Waals surface area contributed by atoms with Gasteiger partial charge in [0.15, 0.2) is 0 Å². The minimum Gasteiger partial charge on any atom is -0.325 e. The lowest BCUT2D eigenvalue weighted by atomic mass is 9.67. The Bertz CT molecular complexity index is 577. The molecule has 0 aliphatic heterocycles. The third kappa shape index (κ3) is 2.81. The van der Waals surface area contributed by atoms with Crippen molar-refractivity contribution in [1.82, 2.24) is 0 Å². The van der Waals surface area contributed by atoms with E-state index < -0.39 is 0 Å². The average Bonchev–Trinajstić information content (AvgIpc) is 2.48. The van der Waals surface area contributed by atoms with E-state index in [1.165, 1.54) is 5.56 Å². The number of ketones is 1. The van der Waals surface area contributed by atoms with Crippen LogP contribution in [0.5, 0.6) is 0 Å². The number of amides is 1. The molecule has 2 saturated carbocycles. The smallest absolute Gasteiger partial charge is 0.227 e. The van der Waals surface area contributed by atoms with Gasteiger partial charge in [-0.05, 0) is 50.2 Å². The van der Waals surface area contributed by atoms with E-state index in [1.807, 2.05) is 19.1 Å². The second-order valence-electron chi connectivity index (χ2n) is 6.85. The van der Waals surface area contributed by atoms with E-state index in [4.69, 9.17) is 0 Å². The molecule has 3 heteroatoms. The molecule has 2 fully saturated rings. The number of para-hydroxylation sites is 1. The number of fused-ring (bicyclic) bond motifs is 2. The van der Waals surface area contributed by atoms with Crippen molar-refractivity contribution >= 4 is 17.4 Å². The molecule has 2 aliphatic carbocycles. The van der Waals surface area contributed by atoms with Gasteiger partial charge in [0, 0.05) is 23.4 Å². The summed E-state index contributed by atoms with van der Waals surface area (Å²) in [6.45, 7) is 4.14. The molecule has 3 rings (SSSR count). The average molecular weight is 299 g/mol. The molecule has 1 amide bonds. The Kier molecular flexibility index (Phi) is 4.32. The second-order valence-corrected chi connectivity index (χ2v) is 6.85. The van der Waals surface area contributed by atoms with Crippen LogP contribution in [0.25, 0.3) is 0 Å². The zero-order valence-electron chi connectivity index (χ0n) is 13.5. The molecule has 0 aromatic heterocycles. The van der Waals surface area contributed by atoms with Crippen LogP contribution in [-0.2, 0) is 16.0 Å². The molecule has 3 nitrogen and oxygen atoms in total. The van der Waals surface area contributed by atoms with E-state index in [0.29, 0.717) is 5.78 Å². The quantitative estimate of drug-likeness (QED) is 0.920. The number of nitrogens with one attached hydrogen (secondary N) is 1. The number of carbonyl (C=O) groups is 2. The van der Waals surface area contributed by atoms with Crippen molar-refractivity contribution in [3.05, 3.63) is 29.3 Å². The molecule has 1 aromatic rings. The van der Waals surface area contributed by atoms with Crippen molar-refractivity contribution < 1.29 is 9.59 Å². The lowest BCUT2D eigenvalue weighted by Crippen LogP contribution is -2.40. The first-order chi connectivity index (χ1) is 10.6. The van der Waals surface area contributed by atoms with Crippen LogP contribution in [0.1, 0.15) is 50.2 Å². The summed E-state index contributed by atoms with van der Waals surface area (Å²) in [4.78, 5) is 24.9. The summed E-state index contributed by atoms with van der Waals surface area (Å²) in [5.74, 6) is 0.780. The fourth-order valence-corrected chi connectivity index (χ4v) is 4.12. The van der Waals surface area contributed by atoms with Gasteiger partial charge in [-0.25, -0.2) is 0 Å². The van der Waals surface area contributed by atoms with Crippen molar-refractivity contribution in [2.45, 2.75) is 52.4 Å². The Morgan fingerprint density at radius 3 is 2.55 bits per heavy atom. The van der Waals surface area contributed by atoms with Gasteiger partial charge in [-0.3, -0.25) is 9.59 Å². The van der Waals surface area contributed by atoms with Crippen molar-refractivity contribution in [1.29, 1.82) is 0 Å². The Labute approximate surface area is 132 Å². The summed E-state index contributed by atoms with van der Waals surface area (Å²) in [6.07, 6.45) is 5.50. The number of carbonyl (C=O) groups excluding carboxylic acids is 2. The van der Waals surface area contributed by atoms with Crippen molar-refractivity contribution in [3.63, 3.8) is 0 Å². The first kappa shape index (κ1) is 15.3. The van der Waals surface area contributed by atoms with Gasteiger partial charge in [0.05, 0.1) is 0 Å². The molecule has 22 heavy (non-hydrogen) atoms. The van der Waals surface area contributed by atoms with Crippen molar-refractivity contribution in [2.24, 2.45) is 17.8 Å². The third-order valence-corrected chi connectivity index (χ3v) is 5.41. The predicted molar refractivity (Wildman–Crippen MR) is 87.7 cm³/mol. The fraction of sp³-hybridized carbons (Fsp3) is 0.579. The minimum absolute atomic E-state index is 0.00249.